The van der Waals surface area contributed by atoms with E-state index in [4.69, 9.17) is 16.7 Å². The van der Waals surface area contributed by atoms with Crippen molar-refractivity contribution >= 4 is 54.4 Å². The number of hydrogen-bond acceptors (Lipinski definition) is 8. The average molecular weight is 598 g/mol. The molecule has 3 aromatic rings. The van der Waals surface area contributed by atoms with E-state index < -0.39 is 26.5 Å². The van der Waals surface area contributed by atoms with Crippen LogP contribution < -0.4 is 10.6 Å². The van der Waals surface area contributed by atoms with Gasteiger partial charge in [0.25, 0.3) is 5.91 Å². The average Bonchev–Trinajstić information content (AvgIpc) is 3.38. The van der Waals surface area contributed by atoms with E-state index in [1.165, 1.54) is 27.8 Å². The standard InChI is InChI=1S/C25H28ClN3O6S3/c26-19-6-4-18(5-7-19)25(31)27-17-23-24(10-14-36-23)38(34,35)29-11-8-20(9-12-29)28-21-2-1-3-22(16-21)37(32,33)15-13-30/h1-7,10,14,16,20,28,30H,8-9,11-13,15,17H2,(H,27,31). The van der Waals surface area contributed by atoms with Crippen molar-refractivity contribution in [2.45, 2.75) is 35.2 Å². The second-order valence-electron chi connectivity index (χ2n) is 8.79. The highest BCUT2D eigenvalue weighted by atomic mass is 35.5. The monoisotopic (exact) mass is 597 g/mol. The molecule has 0 atom stereocenters. The highest BCUT2D eigenvalue weighted by Crippen LogP contribution is 2.28. The lowest BCUT2D eigenvalue weighted by atomic mass is 10.1. The molecule has 4 rings (SSSR count). The summed E-state index contributed by atoms with van der Waals surface area (Å²) in [6.07, 6.45) is 1.08. The molecule has 0 unspecified atom stereocenters. The van der Waals surface area contributed by atoms with E-state index in [9.17, 15) is 21.6 Å². The summed E-state index contributed by atoms with van der Waals surface area (Å²) in [4.78, 5) is 13.3. The molecule has 2 aromatic carbocycles. The van der Waals surface area contributed by atoms with Crippen molar-refractivity contribution in [3.05, 3.63) is 75.4 Å². The van der Waals surface area contributed by atoms with Crippen LogP contribution in [0.25, 0.3) is 0 Å². The van der Waals surface area contributed by atoms with Crippen molar-refractivity contribution in [1.29, 1.82) is 0 Å². The van der Waals surface area contributed by atoms with Gasteiger partial charge in [0.05, 0.1) is 28.7 Å². The topological polar surface area (TPSA) is 133 Å². The summed E-state index contributed by atoms with van der Waals surface area (Å²) >= 11 is 7.14. The van der Waals surface area contributed by atoms with Gasteiger partial charge in [-0.1, -0.05) is 17.7 Å². The van der Waals surface area contributed by atoms with Crippen molar-refractivity contribution in [3.63, 3.8) is 0 Å². The van der Waals surface area contributed by atoms with Crippen molar-refractivity contribution in [3.8, 4) is 0 Å². The van der Waals surface area contributed by atoms with E-state index in [-0.39, 0.29) is 34.0 Å². The number of nitrogens with one attached hydrogen (secondary N) is 2. The number of sulfonamides is 1. The van der Waals surface area contributed by atoms with Gasteiger partial charge in [0.2, 0.25) is 10.0 Å². The molecule has 0 bridgehead atoms. The Kier molecular flexibility index (Phi) is 9.11. The Morgan fingerprint density at radius 1 is 1.05 bits per heavy atom. The maximum Gasteiger partial charge on any atom is 0.251 e. The first-order chi connectivity index (χ1) is 18.1. The van der Waals surface area contributed by atoms with Gasteiger partial charge in [-0.05, 0) is 66.8 Å². The van der Waals surface area contributed by atoms with Crippen molar-refractivity contribution in [2.75, 3.05) is 30.8 Å². The number of aliphatic hydroxyl groups excluding tert-OH is 1. The maximum atomic E-state index is 13.4. The molecule has 1 amide bonds. The van der Waals surface area contributed by atoms with Crippen LogP contribution in [0, 0.1) is 0 Å². The number of amides is 1. The third kappa shape index (κ3) is 6.74. The van der Waals surface area contributed by atoms with E-state index in [1.807, 2.05) is 0 Å². The minimum absolute atomic E-state index is 0.0298. The van der Waals surface area contributed by atoms with Crippen molar-refractivity contribution in [2.24, 2.45) is 0 Å². The summed E-state index contributed by atoms with van der Waals surface area (Å²) in [5, 5.41) is 17.3. The summed E-state index contributed by atoms with van der Waals surface area (Å²) in [5.41, 5.74) is 1.06. The summed E-state index contributed by atoms with van der Waals surface area (Å²) in [6.45, 7) is 0.235. The number of thiophene rings is 1. The maximum absolute atomic E-state index is 13.4. The Morgan fingerprint density at radius 3 is 2.45 bits per heavy atom. The smallest absolute Gasteiger partial charge is 0.251 e. The fourth-order valence-corrected chi connectivity index (χ4v) is 8.20. The Morgan fingerprint density at radius 2 is 1.76 bits per heavy atom. The van der Waals surface area contributed by atoms with Crippen LogP contribution in [0.15, 0.2) is 69.8 Å². The zero-order valence-corrected chi connectivity index (χ0v) is 23.5. The van der Waals surface area contributed by atoms with Crippen molar-refractivity contribution < 1.29 is 26.7 Å². The first-order valence-electron chi connectivity index (χ1n) is 11.9. The molecular weight excluding hydrogens is 570 g/mol. The quantitative estimate of drug-likeness (QED) is 0.326. The number of halogens is 1. The SMILES string of the molecule is O=C(NCc1sccc1S(=O)(=O)N1CCC(Nc2cccc(S(=O)(=O)CCO)c2)CC1)c1ccc(Cl)cc1. The minimum atomic E-state index is -3.75. The molecule has 9 nitrogen and oxygen atoms in total. The van der Waals surface area contributed by atoms with Gasteiger partial charge in [-0.2, -0.15) is 4.31 Å². The number of anilines is 1. The first-order valence-corrected chi connectivity index (χ1v) is 16.3. The van der Waals surface area contributed by atoms with Crippen LogP contribution in [0.4, 0.5) is 5.69 Å². The minimum Gasteiger partial charge on any atom is -0.395 e. The highest BCUT2D eigenvalue weighted by Gasteiger charge is 2.31. The largest absolute Gasteiger partial charge is 0.395 e. The number of aliphatic hydroxyl groups is 1. The number of carbonyl (C=O) groups is 1. The summed E-state index contributed by atoms with van der Waals surface area (Å²) < 4.78 is 52.7. The molecule has 3 N–H and O–H groups in total. The van der Waals surface area contributed by atoms with Crippen LogP contribution in [-0.4, -0.2) is 63.6 Å². The molecule has 1 aromatic heterocycles. The van der Waals surface area contributed by atoms with E-state index in [1.54, 1.807) is 47.8 Å². The number of benzene rings is 2. The second-order valence-corrected chi connectivity index (χ2v) is 14.2. The Hall–Kier alpha value is -2.48. The van der Waals surface area contributed by atoms with Crippen LogP contribution in [0.2, 0.25) is 5.02 Å². The molecule has 204 valence electrons. The second kappa shape index (κ2) is 12.1. The molecule has 0 aliphatic carbocycles. The van der Waals surface area contributed by atoms with E-state index in [0.29, 0.717) is 47.1 Å². The Balaban J connectivity index is 1.36. The number of nitrogens with zero attached hydrogens (tertiary/aromatic N) is 1. The third-order valence-corrected chi connectivity index (χ3v) is 11.2. The van der Waals surface area contributed by atoms with Gasteiger partial charge in [0.1, 0.15) is 0 Å². The lowest BCUT2D eigenvalue weighted by Gasteiger charge is -2.32. The molecule has 0 saturated carbocycles. The van der Waals surface area contributed by atoms with Gasteiger partial charge in [0, 0.05) is 40.3 Å². The highest BCUT2D eigenvalue weighted by molar-refractivity contribution is 7.91. The van der Waals surface area contributed by atoms with Crippen LogP contribution in [0.3, 0.4) is 0 Å². The van der Waals surface area contributed by atoms with Gasteiger partial charge < -0.3 is 15.7 Å². The van der Waals surface area contributed by atoms with E-state index >= 15 is 0 Å². The van der Waals surface area contributed by atoms with Gasteiger partial charge >= 0.3 is 0 Å². The Labute approximate surface area is 231 Å². The fraction of sp³-hybridized carbons (Fsp3) is 0.320. The number of sulfone groups is 1. The number of piperidine rings is 1. The molecule has 1 fully saturated rings. The molecule has 38 heavy (non-hydrogen) atoms. The fourth-order valence-electron chi connectivity index (χ4n) is 4.18. The lowest BCUT2D eigenvalue weighted by Crippen LogP contribution is -2.42. The van der Waals surface area contributed by atoms with Crippen LogP contribution in [0.1, 0.15) is 28.1 Å². The zero-order valence-electron chi connectivity index (χ0n) is 20.3. The summed E-state index contributed by atoms with van der Waals surface area (Å²) in [5.74, 6) is -0.666. The summed E-state index contributed by atoms with van der Waals surface area (Å²) in [7, 11) is -7.32. The predicted octanol–water partition coefficient (Wildman–Crippen LogP) is 3.36. The van der Waals surface area contributed by atoms with Gasteiger partial charge in [-0.25, -0.2) is 16.8 Å². The molecule has 13 heteroatoms. The molecule has 1 saturated heterocycles. The third-order valence-electron chi connectivity index (χ3n) is 6.22. The molecular formula is C25H28ClN3O6S3. The van der Waals surface area contributed by atoms with Crippen LogP contribution in [0.5, 0.6) is 0 Å². The zero-order chi connectivity index (χ0) is 27.3. The van der Waals surface area contributed by atoms with E-state index in [2.05, 4.69) is 10.6 Å². The number of rotatable bonds is 10. The molecule has 1 aliphatic heterocycles. The normalized spacial score (nSPS) is 15.3. The predicted molar refractivity (Wildman–Crippen MR) is 148 cm³/mol. The molecule has 1 aliphatic rings. The van der Waals surface area contributed by atoms with Gasteiger partial charge in [-0.3, -0.25) is 4.79 Å². The van der Waals surface area contributed by atoms with Crippen LogP contribution in [-0.2, 0) is 26.4 Å². The number of hydrogen-bond donors (Lipinski definition) is 3. The van der Waals surface area contributed by atoms with Gasteiger partial charge in [-0.15, -0.1) is 11.3 Å². The molecule has 2 heterocycles. The lowest BCUT2D eigenvalue weighted by molar-refractivity contribution is 0.0951. The Bertz CT molecular complexity index is 1480. The first kappa shape index (κ1) is 28.5. The molecule has 0 radical (unpaired) electrons. The van der Waals surface area contributed by atoms with Crippen molar-refractivity contribution in [1.82, 2.24) is 9.62 Å². The van der Waals surface area contributed by atoms with Crippen LogP contribution >= 0.6 is 22.9 Å². The van der Waals surface area contributed by atoms with Gasteiger partial charge in [0.15, 0.2) is 9.84 Å². The number of carbonyl (C=O) groups excluding carboxylic acids is 1. The van der Waals surface area contributed by atoms with E-state index in [0.717, 1.165) is 0 Å². The molecule has 0 spiro atoms. The summed E-state index contributed by atoms with van der Waals surface area (Å²) in [6, 6.07) is 14.4.